The average Bonchev–Trinajstić information content (AvgIpc) is 2.59. The van der Waals surface area contributed by atoms with Crippen LogP contribution in [0, 0.1) is 4.77 Å². The molecule has 0 aliphatic rings. The number of hydrogen-bond donors (Lipinski definition) is 3. The Morgan fingerprint density at radius 3 is 2.58 bits per heavy atom. The lowest BCUT2D eigenvalue weighted by Crippen LogP contribution is -2.23. The van der Waals surface area contributed by atoms with Gasteiger partial charge in [-0.05, 0) is 62.0 Å². The minimum atomic E-state index is -0.278. The molecule has 26 heavy (non-hydrogen) atoms. The maximum Gasteiger partial charge on any atom is 0.259 e. The second kappa shape index (κ2) is 7.53. The fraction of sp³-hybridized carbons (Fsp3) is 0.211. The summed E-state index contributed by atoms with van der Waals surface area (Å²) < 4.78 is 5.82. The lowest BCUT2D eigenvalue weighted by atomic mass is 10.1. The molecule has 134 valence electrons. The highest BCUT2D eigenvalue weighted by Gasteiger charge is 2.08. The molecule has 1 aromatic heterocycles. The van der Waals surface area contributed by atoms with Crippen molar-refractivity contribution in [3.8, 4) is 5.75 Å². The summed E-state index contributed by atoms with van der Waals surface area (Å²) in [7, 11) is 0. The first-order valence-electron chi connectivity index (χ1n) is 8.22. The summed E-state index contributed by atoms with van der Waals surface area (Å²) in [5, 5.41) is 3.32. The molecule has 2 aromatic carbocycles. The van der Waals surface area contributed by atoms with E-state index in [9.17, 15) is 9.59 Å². The van der Waals surface area contributed by atoms with Crippen molar-refractivity contribution in [1.82, 2.24) is 15.3 Å². The third-order valence-corrected chi connectivity index (χ3v) is 3.95. The molecule has 0 fully saturated rings. The van der Waals surface area contributed by atoms with E-state index in [2.05, 4.69) is 15.3 Å². The number of aromatic nitrogens is 2. The monoisotopic (exact) mass is 369 g/mol. The number of amides is 1. The standard InChI is InChI=1S/C19H19N3O3S/c1-11(2)25-14-6-3-12(4-7-14)10-20-17(23)13-5-8-15-16(9-13)21-19(26)22-18(15)24/h3-9,11H,10H2,1-2H3,(H,20,23)(H2,21,22,24,26). The van der Waals surface area contributed by atoms with E-state index in [1.54, 1.807) is 18.2 Å². The Morgan fingerprint density at radius 2 is 1.88 bits per heavy atom. The van der Waals surface area contributed by atoms with Crippen LogP contribution in [0.25, 0.3) is 10.9 Å². The number of ether oxygens (including phenoxy) is 1. The highest BCUT2D eigenvalue weighted by molar-refractivity contribution is 7.71. The second-order valence-electron chi connectivity index (χ2n) is 6.16. The van der Waals surface area contributed by atoms with Crippen LogP contribution in [0.4, 0.5) is 0 Å². The van der Waals surface area contributed by atoms with Crippen molar-refractivity contribution < 1.29 is 9.53 Å². The van der Waals surface area contributed by atoms with Gasteiger partial charge in [-0.25, -0.2) is 0 Å². The molecule has 0 saturated carbocycles. The van der Waals surface area contributed by atoms with Crippen LogP contribution in [-0.2, 0) is 6.54 Å². The first-order valence-corrected chi connectivity index (χ1v) is 8.63. The largest absolute Gasteiger partial charge is 0.491 e. The molecule has 0 aliphatic carbocycles. The third-order valence-electron chi connectivity index (χ3n) is 3.75. The van der Waals surface area contributed by atoms with Crippen molar-refractivity contribution in [2.24, 2.45) is 0 Å². The van der Waals surface area contributed by atoms with Crippen LogP contribution in [0.15, 0.2) is 47.3 Å². The van der Waals surface area contributed by atoms with Gasteiger partial charge in [0.05, 0.1) is 17.0 Å². The van der Waals surface area contributed by atoms with E-state index in [-0.39, 0.29) is 22.3 Å². The van der Waals surface area contributed by atoms with Gasteiger partial charge in [0.15, 0.2) is 4.77 Å². The maximum atomic E-state index is 12.4. The van der Waals surface area contributed by atoms with E-state index in [0.717, 1.165) is 11.3 Å². The van der Waals surface area contributed by atoms with Crippen LogP contribution in [0.1, 0.15) is 29.8 Å². The molecular weight excluding hydrogens is 350 g/mol. The van der Waals surface area contributed by atoms with E-state index in [4.69, 9.17) is 17.0 Å². The van der Waals surface area contributed by atoms with Gasteiger partial charge in [0.2, 0.25) is 0 Å². The summed E-state index contributed by atoms with van der Waals surface area (Å²) in [4.78, 5) is 29.6. The Kier molecular flexibility index (Phi) is 5.18. The zero-order valence-electron chi connectivity index (χ0n) is 14.5. The number of aromatic amines is 2. The summed E-state index contributed by atoms with van der Waals surface area (Å²) in [5.41, 5.74) is 1.67. The fourth-order valence-corrected chi connectivity index (χ4v) is 2.76. The van der Waals surface area contributed by atoms with E-state index < -0.39 is 0 Å². The Labute approximate surface area is 155 Å². The van der Waals surface area contributed by atoms with Gasteiger partial charge < -0.3 is 15.0 Å². The van der Waals surface area contributed by atoms with Gasteiger partial charge in [-0.1, -0.05) is 12.1 Å². The molecule has 0 saturated heterocycles. The van der Waals surface area contributed by atoms with Crippen LogP contribution < -0.4 is 15.6 Å². The lowest BCUT2D eigenvalue weighted by Gasteiger charge is -2.10. The molecule has 3 aromatic rings. The highest BCUT2D eigenvalue weighted by Crippen LogP contribution is 2.14. The Hall–Kier alpha value is -2.93. The van der Waals surface area contributed by atoms with Crippen molar-refractivity contribution in [2.75, 3.05) is 0 Å². The zero-order chi connectivity index (χ0) is 18.7. The fourth-order valence-electron chi connectivity index (χ4n) is 2.55. The minimum absolute atomic E-state index is 0.119. The SMILES string of the molecule is CC(C)Oc1ccc(CNC(=O)c2ccc3c(=O)[nH]c(=S)[nH]c3c2)cc1. The normalized spacial score (nSPS) is 10.9. The molecule has 1 heterocycles. The van der Waals surface area contributed by atoms with Crippen molar-refractivity contribution >= 4 is 29.0 Å². The molecule has 3 rings (SSSR count). The summed E-state index contributed by atoms with van der Waals surface area (Å²) in [5.74, 6) is 0.569. The molecule has 0 bridgehead atoms. The van der Waals surface area contributed by atoms with Gasteiger partial charge in [0, 0.05) is 12.1 Å². The third kappa shape index (κ3) is 4.18. The summed E-state index contributed by atoms with van der Waals surface area (Å²) in [6.45, 7) is 4.33. The molecule has 6 nitrogen and oxygen atoms in total. The maximum absolute atomic E-state index is 12.4. The highest BCUT2D eigenvalue weighted by atomic mass is 32.1. The number of H-pyrrole nitrogens is 2. The van der Waals surface area contributed by atoms with Crippen LogP contribution in [0.2, 0.25) is 0 Å². The zero-order valence-corrected chi connectivity index (χ0v) is 15.3. The predicted molar refractivity (Wildman–Crippen MR) is 103 cm³/mol. The number of benzene rings is 2. The molecule has 0 aliphatic heterocycles. The number of carbonyl (C=O) groups excluding carboxylic acids is 1. The Balaban J connectivity index is 1.71. The van der Waals surface area contributed by atoms with Gasteiger partial charge >= 0.3 is 0 Å². The first-order chi connectivity index (χ1) is 12.4. The minimum Gasteiger partial charge on any atom is -0.491 e. The summed E-state index contributed by atoms with van der Waals surface area (Å²) >= 11 is 4.97. The molecule has 0 spiro atoms. The topological polar surface area (TPSA) is 87.0 Å². The lowest BCUT2D eigenvalue weighted by molar-refractivity contribution is 0.0951. The molecule has 3 N–H and O–H groups in total. The summed E-state index contributed by atoms with van der Waals surface area (Å²) in [6, 6.07) is 12.4. The number of fused-ring (bicyclic) bond motifs is 1. The number of nitrogens with one attached hydrogen (secondary N) is 3. The average molecular weight is 369 g/mol. The van der Waals surface area contributed by atoms with Crippen molar-refractivity contribution in [1.29, 1.82) is 0 Å². The molecule has 0 atom stereocenters. The van der Waals surface area contributed by atoms with E-state index in [1.807, 2.05) is 38.1 Å². The second-order valence-corrected chi connectivity index (χ2v) is 6.57. The van der Waals surface area contributed by atoms with Crippen molar-refractivity contribution in [2.45, 2.75) is 26.5 Å². The first kappa shape index (κ1) is 17.9. The van der Waals surface area contributed by atoms with Crippen LogP contribution in [0.5, 0.6) is 5.75 Å². The molecule has 0 unspecified atom stereocenters. The quantitative estimate of drug-likeness (QED) is 0.602. The summed E-state index contributed by atoms with van der Waals surface area (Å²) in [6.07, 6.45) is 0.119. The van der Waals surface area contributed by atoms with Gasteiger partial charge in [0.25, 0.3) is 11.5 Å². The van der Waals surface area contributed by atoms with Gasteiger partial charge in [0.1, 0.15) is 5.75 Å². The van der Waals surface area contributed by atoms with Crippen LogP contribution in [-0.4, -0.2) is 22.0 Å². The van der Waals surface area contributed by atoms with E-state index in [0.29, 0.717) is 23.0 Å². The molecule has 7 heteroatoms. The van der Waals surface area contributed by atoms with Crippen molar-refractivity contribution in [3.05, 3.63) is 68.7 Å². The van der Waals surface area contributed by atoms with E-state index in [1.165, 1.54) is 0 Å². The molecule has 1 amide bonds. The number of hydrogen-bond acceptors (Lipinski definition) is 4. The van der Waals surface area contributed by atoms with E-state index >= 15 is 0 Å². The van der Waals surface area contributed by atoms with Gasteiger partial charge in [-0.2, -0.15) is 0 Å². The molecule has 0 radical (unpaired) electrons. The Bertz CT molecular complexity index is 1050. The predicted octanol–water partition coefficient (Wildman–Crippen LogP) is 3.30. The van der Waals surface area contributed by atoms with Gasteiger partial charge in [-0.3, -0.25) is 14.6 Å². The molecular formula is C19H19N3O3S. The Morgan fingerprint density at radius 1 is 1.15 bits per heavy atom. The van der Waals surface area contributed by atoms with Gasteiger partial charge in [-0.15, -0.1) is 0 Å². The number of carbonyl (C=O) groups is 1. The van der Waals surface area contributed by atoms with Crippen LogP contribution in [0.3, 0.4) is 0 Å². The van der Waals surface area contributed by atoms with Crippen LogP contribution >= 0.6 is 12.2 Å². The van der Waals surface area contributed by atoms with Crippen molar-refractivity contribution in [3.63, 3.8) is 0 Å². The smallest absolute Gasteiger partial charge is 0.259 e. The number of rotatable bonds is 5.